The van der Waals surface area contributed by atoms with Crippen LogP contribution >= 0.6 is 22.9 Å². The number of hydrogen-bond donors (Lipinski definition) is 1. The molecular formula is C15H12ClF6NO2S. The van der Waals surface area contributed by atoms with Crippen LogP contribution in [0, 0.1) is 0 Å². The van der Waals surface area contributed by atoms with Crippen LogP contribution in [0.4, 0.5) is 26.3 Å². The van der Waals surface area contributed by atoms with Gasteiger partial charge in [-0.05, 0) is 18.6 Å². The van der Waals surface area contributed by atoms with Crippen LogP contribution in [0.3, 0.4) is 0 Å². The van der Waals surface area contributed by atoms with Gasteiger partial charge in [-0.3, -0.25) is 4.79 Å². The minimum absolute atomic E-state index is 0.0320. The van der Waals surface area contributed by atoms with Crippen molar-refractivity contribution in [3.63, 3.8) is 0 Å². The highest BCUT2D eigenvalue weighted by Gasteiger charge is 2.31. The maximum absolute atomic E-state index is 12.7. The Kier molecular flexibility index (Phi) is 6.41. The summed E-state index contributed by atoms with van der Waals surface area (Å²) in [6.07, 6.45) is -8.78. The minimum atomic E-state index is -4.51. The Morgan fingerprint density at radius 3 is 2.50 bits per heavy atom. The smallest absolute Gasteiger partial charge is 0.372 e. The highest BCUT2D eigenvalue weighted by atomic mass is 35.5. The molecule has 11 heteroatoms. The fraction of sp³-hybridized carbons (Fsp3) is 0.400. The standard InChI is InChI=1S/C15H12ClF6NO2S/c16-11-9-3-2-8(15(20,21)22)6-10(9)26-12(11)13(24)23-4-1-5-25-7-14(17,18)19/h2-3,6H,1,4-5,7H2,(H,23,24). The Labute approximate surface area is 152 Å². The van der Waals surface area contributed by atoms with Crippen molar-refractivity contribution in [1.29, 1.82) is 0 Å². The molecule has 1 heterocycles. The Balaban J connectivity index is 1.96. The summed E-state index contributed by atoms with van der Waals surface area (Å²) in [4.78, 5) is 12.1. The van der Waals surface area contributed by atoms with E-state index in [0.29, 0.717) is 5.39 Å². The van der Waals surface area contributed by atoms with Gasteiger partial charge >= 0.3 is 12.4 Å². The van der Waals surface area contributed by atoms with E-state index in [9.17, 15) is 31.1 Å². The molecule has 0 bridgehead atoms. The third kappa shape index (κ3) is 5.49. The zero-order chi connectivity index (χ0) is 19.5. The van der Waals surface area contributed by atoms with Crippen LogP contribution in [0.1, 0.15) is 21.7 Å². The number of benzene rings is 1. The number of hydrogen-bond acceptors (Lipinski definition) is 3. The van der Waals surface area contributed by atoms with E-state index in [1.165, 1.54) is 6.07 Å². The first kappa shape index (κ1) is 20.8. The van der Waals surface area contributed by atoms with Gasteiger partial charge in [-0.2, -0.15) is 26.3 Å². The molecule has 26 heavy (non-hydrogen) atoms. The number of carbonyl (C=O) groups excluding carboxylic acids is 1. The van der Waals surface area contributed by atoms with Crippen LogP contribution in [0.2, 0.25) is 5.02 Å². The van der Waals surface area contributed by atoms with Crippen LogP contribution in [-0.4, -0.2) is 31.8 Å². The van der Waals surface area contributed by atoms with Gasteiger partial charge in [0.15, 0.2) is 0 Å². The van der Waals surface area contributed by atoms with E-state index in [0.717, 1.165) is 23.5 Å². The quantitative estimate of drug-likeness (QED) is 0.511. The number of ether oxygens (including phenoxy) is 1. The summed E-state index contributed by atoms with van der Waals surface area (Å²) >= 11 is 6.86. The van der Waals surface area contributed by atoms with Gasteiger partial charge in [0.1, 0.15) is 11.5 Å². The van der Waals surface area contributed by atoms with Crippen molar-refractivity contribution in [3.8, 4) is 0 Å². The van der Waals surface area contributed by atoms with Crippen molar-refractivity contribution in [1.82, 2.24) is 5.32 Å². The number of nitrogens with one attached hydrogen (secondary N) is 1. The maximum Gasteiger partial charge on any atom is 0.416 e. The lowest BCUT2D eigenvalue weighted by Crippen LogP contribution is -2.25. The molecule has 1 aromatic heterocycles. The van der Waals surface area contributed by atoms with Gasteiger partial charge in [-0.25, -0.2) is 0 Å². The molecule has 0 radical (unpaired) electrons. The number of amides is 1. The normalized spacial score (nSPS) is 12.6. The van der Waals surface area contributed by atoms with Gasteiger partial charge < -0.3 is 10.1 Å². The van der Waals surface area contributed by atoms with Crippen molar-refractivity contribution < 1.29 is 35.9 Å². The number of fused-ring (bicyclic) bond motifs is 1. The van der Waals surface area contributed by atoms with Crippen LogP contribution in [0.15, 0.2) is 18.2 Å². The zero-order valence-corrected chi connectivity index (χ0v) is 14.5. The third-order valence-corrected chi connectivity index (χ3v) is 4.84. The number of rotatable bonds is 6. The molecule has 0 fully saturated rings. The van der Waals surface area contributed by atoms with Gasteiger partial charge in [0.05, 0.1) is 10.6 Å². The molecule has 0 unspecified atom stereocenters. The van der Waals surface area contributed by atoms with Crippen molar-refractivity contribution >= 4 is 38.9 Å². The van der Waals surface area contributed by atoms with Gasteiger partial charge in [0, 0.05) is 23.2 Å². The SMILES string of the molecule is O=C(NCCCOCC(F)(F)F)c1sc2cc(C(F)(F)F)ccc2c1Cl. The summed E-state index contributed by atoms with van der Waals surface area (Å²) < 4.78 is 78.5. The van der Waals surface area contributed by atoms with E-state index in [2.05, 4.69) is 10.1 Å². The summed E-state index contributed by atoms with van der Waals surface area (Å²) in [6.45, 7) is -1.53. The van der Waals surface area contributed by atoms with E-state index in [1.807, 2.05) is 0 Å². The molecule has 0 spiro atoms. The Morgan fingerprint density at radius 1 is 1.19 bits per heavy atom. The maximum atomic E-state index is 12.7. The molecule has 1 aromatic carbocycles. The molecule has 0 aliphatic rings. The fourth-order valence-corrected chi connectivity index (χ4v) is 3.50. The fourth-order valence-electron chi connectivity index (χ4n) is 2.03. The van der Waals surface area contributed by atoms with Crippen LogP contribution in [0.25, 0.3) is 10.1 Å². The second-order valence-electron chi connectivity index (χ2n) is 5.23. The molecule has 0 atom stereocenters. The summed E-state index contributed by atoms with van der Waals surface area (Å²) in [5.74, 6) is -0.611. The van der Waals surface area contributed by atoms with Crippen LogP contribution in [0.5, 0.6) is 0 Å². The van der Waals surface area contributed by atoms with Crippen molar-refractivity contribution in [2.45, 2.75) is 18.8 Å². The van der Waals surface area contributed by atoms with E-state index in [4.69, 9.17) is 11.6 Å². The van der Waals surface area contributed by atoms with Crippen molar-refractivity contribution in [3.05, 3.63) is 33.7 Å². The third-order valence-electron chi connectivity index (χ3n) is 3.18. The summed E-state index contributed by atoms with van der Waals surface area (Å²) in [6, 6.07) is 2.98. The zero-order valence-electron chi connectivity index (χ0n) is 12.9. The predicted molar refractivity (Wildman–Crippen MR) is 85.7 cm³/mol. The van der Waals surface area contributed by atoms with Crippen LogP contribution < -0.4 is 5.32 Å². The van der Waals surface area contributed by atoms with E-state index in [-0.39, 0.29) is 34.2 Å². The second-order valence-corrected chi connectivity index (χ2v) is 6.66. The molecule has 0 aliphatic heterocycles. The first-order valence-corrected chi connectivity index (χ1v) is 8.40. The highest BCUT2D eigenvalue weighted by molar-refractivity contribution is 7.21. The average Bonchev–Trinajstić information content (AvgIpc) is 2.85. The summed E-state index contributed by atoms with van der Waals surface area (Å²) in [5.41, 5.74) is -0.850. The number of alkyl halides is 6. The molecule has 1 N–H and O–H groups in total. The predicted octanol–water partition coefficient (Wildman–Crippen LogP) is 5.27. The molecule has 0 saturated carbocycles. The molecule has 2 aromatic rings. The lowest BCUT2D eigenvalue weighted by molar-refractivity contribution is -0.173. The Bertz CT molecular complexity index is 787. The first-order chi connectivity index (χ1) is 12.0. The summed E-state index contributed by atoms with van der Waals surface area (Å²) in [7, 11) is 0. The van der Waals surface area contributed by atoms with E-state index < -0.39 is 30.4 Å². The highest BCUT2D eigenvalue weighted by Crippen LogP contribution is 2.39. The average molecular weight is 420 g/mol. The largest absolute Gasteiger partial charge is 0.416 e. The molecule has 1 amide bonds. The molecule has 2 rings (SSSR count). The van der Waals surface area contributed by atoms with E-state index >= 15 is 0 Å². The number of thiophene rings is 1. The lowest BCUT2D eigenvalue weighted by atomic mass is 10.1. The van der Waals surface area contributed by atoms with Crippen molar-refractivity contribution in [2.75, 3.05) is 19.8 Å². The number of carbonyl (C=O) groups is 1. The Morgan fingerprint density at radius 2 is 1.88 bits per heavy atom. The van der Waals surface area contributed by atoms with Gasteiger partial charge in [0.2, 0.25) is 0 Å². The molecule has 3 nitrogen and oxygen atoms in total. The minimum Gasteiger partial charge on any atom is -0.372 e. The molecule has 144 valence electrons. The second kappa shape index (κ2) is 8.01. The summed E-state index contributed by atoms with van der Waals surface area (Å²) in [5, 5.41) is 2.80. The van der Waals surface area contributed by atoms with Crippen LogP contribution in [-0.2, 0) is 10.9 Å². The monoisotopic (exact) mass is 419 g/mol. The molecular weight excluding hydrogens is 408 g/mol. The Hall–Kier alpha value is -1.52. The van der Waals surface area contributed by atoms with E-state index in [1.54, 1.807) is 0 Å². The van der Waals surface area contributed by atoms with Gasteiger partial charge in [-0.15, -0.1) is 11.3 Å². The van der Waals surface area contributed by atoms with Gasteiger partial charge in [-0.1, -0.05) is 17.7 Å². The van der Waals surface area contributed by atoms with Crippen molar-refractivity contribution in [2.24, 2.45) is 0 Å². The topological polar surface area (TPSA) is 38.3 Å². The molecule has 0 saturated heterocycles. The molecule has 0 aliphatic carbocycles. The first-order valence-electron chi connectivity index (χ1n) is 7.21. The van der Waals surface area contributed by atoms with Gasteiger partial charge in [0.25, 0.3) is 5.91 Å². The number of halogens is 7. The lowest BCUT2D eigenvalue weighted by Gasteiger charge is -2.08.